The van der Waals surface area contributed by atoms with Crippen LogP contribution in [0.5, 0.6) is 5.75 Å². The van der Waals surface area contributed by atoms with Crippen molar-refractivity contribution in [2.75, 3.05) is 0 Å². The molecule has 0 unspecified atom stereocenters. The minimum Gasteiger partial charge on any atom is -0.436 e. The van der Waals surface area contributed by atoms with Crippen molar-refractivity contribution in [2.45, 2.75) is 6.92 Å². The number of rotatable bonds is 3. The fourth-order valence-electron chi connectivity index (χ4n) is 1.97. The summed E-state index contributed by atoms with van der Waals surface area (Å²) in [7, 11) is 0. The number of carbonyl (C=O) groups is 1. The van der Waals surface area contributed by atoms with E-state index in [0.717, 1.165) is 11.1 Å². The maximum absolute atomic E-state index is 10.9. The molecule has 0 radical (unpaired) electrons. The molecule has 1 aromatic heterocycles. The molecule has 0 atom stereocenters. The Hall–Kier alpha value is -2.88. The number of hydrogen-bond donors (Lipinski definition) is 0. The summed E-state index contributed by atoms with van der Waals surface area (Å²) in [5, 5.41) is 0. The highest BCUT2D eigenvalue weighted by atomic mass is 16.5. The molecular formula is C17H13NO3. The number of hydrogen-bond acceptors (Lipinski definition) is 4. The Labute approximate surface area is 122 Å². The van der Waals surface area contributed by atoms with Gasteiger partial charge in [-0.25, -0.2) is 4.98 Å². The van der Waals surface area contributed by atoms with Gasteiger partial charge in [0.2, 0.25) is 5.89 Å². The lowest BCUT2D eigenvalue weighted by Gasteiger charge is -2.01. The van der Waals surface area contributed by atoms with Gasteiger partial charge in [-0.15, -0.1) is 0 Å². The van der Waals surface area contributed by atoms with E-state index in [1.807, 2.05) is 42.5 Å². The van der Waals surface area contributed by atoms with Gasteiger partial charge in [0.1, 0.15) is 5.75 Å². The first kappa shape index (κ1) is 13.1. The minimum atomic E-state index is -0.339. The normalized spacial score (nSPS) is 10.3. The van der Waals surface area contributed by atoms with E-state index < -0.39 is 0 Å². The quantitative estimate of drug-likeness (QED) is 0.538. The third-order valence-corrected chi connectivity index (χ3v) is 2.93. The van der Waals surface area contributed by atoms with Crippen molar-refractivity contribution in [2.24, 2.45) is 0 Å². The predicted octanol–water partition coefficient (Wildman–Crippen LogP) is 3.93. The van der Waals surface area contributed by atoms with Crippen LogP contribution in [-0.2, 0) is 4.79 Å². The van der Waals surface area contributed by atoms with E-state index in [4.69, 9.17) is 9.15 Å². The number of carbonyl (C=O) groups excluding carboxylic acids is 1. The van der Waals surface area contributed by atoms with Crippen molar-refractivity contribution < 1.29 is 13.9 Å². The third-order valence-electron chi connectivity index (χ3n) is 2.93. The molecule has 0 aliphatic heterocycles. The van der Waals surface area contributed by atoms with Crippen LogP contribution in [0.25, 0.3) is 22.8 Å². The number of ether oxygens (including phenoxy) is 1. The second-order valence-corrected chi connectivity index (χ2v) is 4.51. The molecule has 0 saturated carbocycles. The zero-order chi connectivity index (χ0) is 14.7. The van der Waals surface area contributed by atoms with Crippen LogP contribution in [0.3, 0.4) is 0 Å². The van der Waals surface area contributed by atoms with Crippen molar-refractivity contribution in [3.8, 4) is 28.5 Å². The molecule has 104 valence electrons. The molecule has 0 aliphatic rings. The summed E-state index contributed by atoms with van der Waals surface area (Å²) in [6.07, 6.45) is 1.68. The molecule has 1 heterocycles. The highest BCUT2D eigenvalue weighted by molar-refractivity contribution is 5.70. The predicted molar refractivity (Wildman–Crippen MR) is 78.7 cm³/mol. The number of oxazole rings is 1. The van der Waals surface area contributed by atoms with Gasteiger partial charge in [-0.05, 0) is 36.4 Å². The summed E-state index contributed by atoms with van der Waals surface area (Å²) in [6, 6.07) is 16.8. The maximum atomic E-state index is 10.9. The number of nitrogens with zero attached hydrogens (tertiary/aromatic N) is 1. The number of benzene rings is 2. The molecule has 0 aliphatic carbocycles. The Kier molecular flexibility index (Phi) is 3.51. The molecule has 0 fully saturated rings. The Morgan fingerprint density at radius 3 is 2.38 bits per heavy atom. The molecule has 0 amide bonds. The lowest BCUT2D eigenvalue weighted by Crippen LogP contribution is -2.00. The highest BCUT2D eigenvalue weighted by Gasteiger charge is 2.08. The molecule has 4 heteroatoms. The first-order valence-electron chi connectivity index (χ1n) is 6.52. The van der Waals surface area contributed by atoms with E-state index in [1.54, 1.807) is 18.3 Å². The first-order chi connectivity index (χ1) is 10.2. The van der Waals surface area contributed by atoms with Crippen LogP contribution in [0.15, 0.2) is 65.2 Å². The van der Waals surface area contributed by atoms with Crippen LogP contribution in [0.2, 0.25) is 0 Å². The first-order valence-corrected chi connectivity index (χ1v) is 6.52. The average Bonchev–Trinajstić information content (AvgIpc) is 2.98. The average molecular weight is 279 g/mol. The number of aromatic nitrogens is 1. The lowest BCUT2D eigenvalue weighted by molar-refractivity contribution is -0.131. The van der Waals surface area contributed by atoms with Gasteiger partial charge in [0.25, 0.3) is 0 Å². The van der Waals surface area contributed by atoms with Crippen molar-refractivity contribution in [3.05, 3.63) is 60.8 Å². The number of esters is 1. The Morgan fingerprint density at radius 1 is 1.00 bits per heavy atom. The molecule has 21 heavy (non-hydrogen) atoms. The van der Waals surface area contributed by atoms with E-state index >= 15 is 0 Å². The van der Waals surface area contributed by atoms with Gasteiger partial charge in [-0.3, -0.25) is 4.79 Å². The SMILES string of the molecule is CC(=O)Oc1ccc(-c2cnc(-c3ccccc3)o2)cc1. The molecule has 4 nitrogen and oxygen atoms in total. The van der Waals surface area contributed by atoms with Crippen molar-refractivity contribution in [1.29, 1.82) is 0 Å². The zero-order valence-electron chi connectivity index (χ0n) is 11.4. The summed E-state index contributed by atoms with van der Waals surface area (Å²) in [5.74, 6) is 1.42. The van der Waals surface area contributed by atoms with Crippen LogP contribution in [-0.4, -0.2) is 11.0 Å². The molecule has 3 rings (SSSR count). The Bertz CT molecular complexity index is 745. The molecule has 0 saturated heterocycles. The second-order valence-electron chi connectivity index (χ2n) is 4.51. The smallest absolute Gasteiger partial charge is 0.308 e. The van der Waals surface area contributed by atoms with Crippen LogP contribution in [0, 0.1) is 0 Å². The molecule has 0 N–H and O–H groups in total. The minimum absolute atomic E-state index is 0.339. The van der Waals surface area contributed by atoms with Crippen LogP contribution < -0.4 is 4.74 Å². The van der Waals surface area contributed by atoms with E-state index in [0.29, 0.717) is 17.4 Å². The molecule has 2 aromatic carbocycles. The topological polar surface area (TPSA) is 52.3 Å². The summed E-state index contributed by atoms with van der Waals surface area (Å²) in [6.45, 7) is 1.37. The summed E-state index contributed by atoms with van der Waals surface area (Å²) in [5.41, 5.74) is 1.81. The van der Waals surface area contributed by atoms with E-state index in [1.165, 1.54) is 6.92 Å². The van der Waals surface area contributed by atoms with Gasteiger partial charge in [-0.1, -0.05) is 18.2 Å². The van der Waals surface area contributed by atoms with Crippen LogP contribution in [0.4, 0.5) is 0 Å². The van der Waals surface area contributed by atoms with E-state index in [-0.39, 0.29) is 5.97 Å². The highest BCUT2D eigenvalue weighted by Crippen LogP contribution is 2.27. The van der Waals surface area contributed by atoms with Crippen molar-refractivity contribution in [3.63, 3.8) is 0 Å². The summed E-state index contributed by atoms with van der Waals surface area (Å²) < 4.78 is 10.8. The standard InChI is InChI=1S/C17H13NO3/c1-12(19)20-15-9-7-13(8-10-15)16-11-18-17(21-16)14-5-3-2-4-6-14/h2-11H,1H3. The molecular weight excluding hydrogens is 266 g/mol. The summed E-state index contributed by atoms with van der Waals surface area (Å²) >= 11 is 0. The fourth-order valence-corrected chi connectivity index (χ4v) is 1.97. The van der Waals surface area contributed by atoms with Gasteiger partial charge >= 0.3 is 5.97 Å². The van der Waals surface area contributed by atoms with Gasteiger partial charge in [-0.2, -0.15) is 0 Å². The largest absolute Gasteiger partial charge is 0.436 e. The lowest BCUT2D eigenvalue weighted by atomic mass is 10.2. The van der Waals surface area contributed by atoms with Crippen molar-refractivity contribution in [1.82, 2.24) is 4.98 Å². The van der Waals surface area contributed by atoms with Gasteiger partial charge in [0, 0.05) is 18.1 Å². The summed E-state index contributed by atoms with van der Waals surface area (Å²) in [4.78, 5) is 15.2. The van der Waals surface area contributed by atoms with E-state index in [9.17, 15) is 4.79 Å². The van der Waals surface area contributed by atoms with Gasteiger partial charge in [0.05, 0.1) is 6.20 Å². The molecule has 0 bridgehead atoms. The zero-order valence-corrected chi connectivity index (χ0v) is 11.4. The third kappa shape index (κ3) is 3.00. The van der Waals surface area contributed by atoms with Gasteiger partial charge < -0.3 is 9.15 Å². The Morgan fingerprint density at radius 2 is 1.71 bits per heavy atom. The van der Waals surface area contributed by atoms with Crippen LogP contribution in [0.1, 0.15) is 6.92 Å². The van der Waals surface area contributed by atoms with Gasteiger partial charge in [0.15, 0.2) is 5.76 Å². The monoisotopic (exact) mass is 279 g/mol. The fraction of sp³-hybridized carbons (Fsp3) is 0.0588. The van der Waals surface area contributed by atoms with E-state index in [2.05, 4.69) is 4.98 Å². The van der Waals surface area contributed by atoms with Crippen LogP contribution >= 0.6 is 0 Å². The Balaban J connectivity index is 1.85. The van der Waals surface area contributed by atoms with Crippen molar-refractivity contribution >= 4 is 5.97 Å². The second kappa shape index (κ2) is 5.63. The molecule has 3 aromatic rings. The maximum Gasteiger partial charge on any atom is 0.308 e. The molecule has 0 spiro atoms.